The van der Waals surface area contributed by atoms with Crippen molar-refractivity contribution in [2.24, 2.45) is 10.1 Å². The first kappa shape index (κ1) is 21.3. The summed E-state index contributed by atoms with van der Waals surface area (Å²) in [5.74, 6) is -0.914. The van der Waals surface area contributed by atoms with Crippen molar-refractivity contribution in [1.82, 2.24) is 4.90 Å². The van der Waals surface area contributed by atoms with Gasteiger partial charge in [-0.25, -0.2) is 18.5 Å². The number of nitrogens with one attached hydrogen (secondary N) is 1. The fourth-order valence-electron chi connectivity index (χ4n) is 3.58. The second-order valence-electron chi connectivity index (χ2n) is 7.59. The highest BCUT2D eigenvalue weighted by Gasteiger charge is 2.46. The Balaban J connectivity index is 1.58. The van der Waals surface area contributed by atoms with E-state index >= 15 is 0 Å². The van der Waals surface area contributed by atoms with E-state index in [0.29, 0.717) is 22.1 Å². The van der Waals surface area contributed by atoms with Crippen molar-refractivity contribution >= 4 is 61.4 Å². The molecule has 2 aliphatic heterocycles. The van der Waals surface area contributed by atoms with Crippen molar-refractivity contribution < 1.29 is 22.9 Å². The Bertz CT molecular complexity index is 1410. The molecule has 0 spiro atoms. The number of thioether (sulfide) groups is 1. The van der Waals surface area contributed by atoms with Crippen LogP contribution in [0.5, 0.6) is 0 Å². The summed E-state index contributed by atoms with van der Waals surface area (Å²) in [6, 6.07) is 9.50. The van der Waals surface area contributed by atoms with Gasteiger partial charge in [0, 0.05) is 29.4 Å². The predicted molar refractivity (Wildman–Crippen MR) is 121 cm³/mol. The molecule has 13 heteroatoms. The summed E-state index contributed by atoms with van der Waals surface area (Å²) in [5.41, 5.74) is 0.968. The molecule has 0 aromatic heterocycles. The van der Waals surface area contributed by atoms with Gasteiger partial charge in [-0.15, -0.1) is 0 Å². The second kappa shape index (κ2) is 7.50. The van der Waals surface area contributed by atoms with Crippen LogP contribution >= 0.6 is 11.8 Å². The van der Waals surface area contributed by atoms with Crippen LogP contribution in [-0.4, -0.2) is 41.3 Å². The van der Waals surface area contributed by atoms with Gasteiger partial charge >= 0.3 is 0 Å². The van der Waals surface area contributed by atoms with Gasteiger partial charge in [0.25, 0.3) is 17.5 Å². The average Bonchev–Trinajstić information content (AvgIpc) is 3.46. The fourth-order valence-corrected chi connectivity index (χ4v) is 5.25. The van der Waals surface area contributed by atoms with E-state index in [9.17, 15) is 28.1 Å². The van der Waals surface area contributed by atoms with Crippen molar-refractivity contribution in [3.8, 4) is 0 Å². The van der Waals surface area contributed by atoms with Crippen LogP contribution in [0.15, 0.2) is 57.3 Å². The quantitative estimate of drug-likeness (QED) is 0.381. The molecule has 2 heterocycles. The minimum Gasteiger partial charge on any atom is -0.321 e. The summed E-state index contributed by atoms with van der Waals surface area (Å²) in [7, 11) is -3.85. The number of nitrogens with zero attached hydrogens (tertiary/aromatic N) is 3. The third-order valence-corrected chi connectivity index (χ3v) is 7.28. The SMILES string of the molecule is NS(=O)(=O)c1ccc(/N=C2\S/C(=C3\C(=O)Nc4ccc([N+](=O)[O-])cc43)C(=O)N2C2CC2)cc1. The van der Waals surface area contributed by atoms with Crippen LogP contribution in [-0.2, 0) is 19.6 Å². The zero-order valence-electron chi connectivity index (χ0n) is 16.7. The number of hydrogen-bond acceptors (Lipinski definition) is 8. The molecule has 5 rings (SSSR count). The van der Waals surface area contributed by atoms with E-state index in [0.717, 1.165) is 24.6 Å². The monoisotopic (exact) mass is 485 g/mol. The van der Waals surface area contributed by atoms with Gasteiger partial charge in [-0.05, 0) is 54.9 Å². The van der Waals surface area contributed by atoms with E-state index in [1.165, 1.54) is 47.4 Å². The minimum atomic E-state index is -3.85. The number of sulfonamides is 1. The van der Waals surface area contributed by atoms with Crippen LogP contribution < -0.4 is 10.5 Å². The number of nitro benzene ring substituents is 1. The molecule has 3 aliphatic rings. The maximum absolute atomic E-state index is 13.3. The number of aliphatic imine (C=N–C) groups is 1. The van der Waals surface area contributed by atoms with Crippen LogP contribution in [0.3, 0.4) is 0 Å². The van der Waals surface area contributed by atoms with E-state index < -0.39 is 26.8 Å². The second-order valence-corrected chi connectivity index (χ2v) is 10.1. The first-order valence-corrected chi connectivity index (χ1v) is 12.1. The van der Waals surface area contributed by atoms with E-state index in [1.54, 1.807) is 0 Å². The van der Waals surface area contributed by atoms with Gasteiger partial charge in [0.15, 0.2) is 5.17 Å². The average molecular weight is 486 g/mol. The van der Waals surface area contributed by atoms with Crippen molar-refractivity contribution in [2.75, 3.05) is 5.32 Å². The smallest absolute Gasteiger partial charge is 0.270 e. The number of benzene rings is 2. The van der Waals surface area contributed by atoms with Crippen molar-refractivity contribution in [3.05, 3.63) is 63.0 Å². The van der Waals surface area contributed by atoms with Gasteiger partial charge in [-0.2, -0.15) is 0 Å². The van der Waals surface area contributed by atoms with E-state index in [1.807, 2.05) is 0 Å². The van der Waals surface area contributed by atoms with Gasteiger partial charge in [0.05, 0.1) is 26.0 Å². The summed E-state index contributed by atoms with van der Waals surface area (Å²) in [6.45, 7) is 0. The molecular weight excluding hydrogens is 470 g/mol. The zero-order chi connectivity index (χ0) is 23.5. The first-order valence-electron chi connectivity index (χ1n) is 9.71. The topological polar surface area (TPSA) is 165 Å². The van der Waals surface area contributed by atoms with Gasteiger partial charge in [0.1, 0.15) is 0 Å². The van der Waals surface area contributed by atoms with Gasteiger partial charge < -0.3 is 5.32 Å². The molecule has 0 unspecified atom stereocenters. The summed E-state index contributed by atoms with van der Waals surface area (Å²) >= 11 is 1.01. The lowest BCUT2D eigenvalue weighted by Crippen LogP contribution is -2.31. The number of anilines is 1. The third-order valence-electron chi connectivity index (χ3n) is 5.30. The Labute approximate surface area is 191 Å². The Hall–Kier alpha value is -3.55. The fraction of sp³-hybridized carbons (Fsp3) is 0.150. The largest absolute Gasteiger partial charge is 0.321 e. The van der Waals surface area contributed by atoms with Gasteiger partial charge in [-0.3, -0.25) is 24.6 Å². The lowest BCUT2D eigenvalue weighted by molar-refractivity contribution is -0.384. The maximum atomic E-state index is 13.3. The number of rotatable bonds is 4. The number of non-ortho nitro benzene ring substituents is 1. The highest BCUT2D eigenvalue weighted by Crippen LogP contribution is 2.46. The summed E-state index contributed by atoms with van der Waals surface area (Å²) in [4.78, 5) is 42.7. The molecule has 2 aromatic carbocycles. The molecule has 2 fully saturated rings. The number of nitrogens with two attached hydrogens (primary N) is 1. The van der Waals surface area contributed by atoms with Crippen LogP contribution in [0.1, 0.15) is 18.4 Å². The number of carbonyl (C=O) groups excluding carboxylic acids is 2. The van der Waals surface area contributed by atoms with Gasteiger partial charge in [0.2, 0.25) is 10.0 Å². The standard InChI is InChI=1S/C20H15N5O6S2/c21-33(30,31)13-6-1-10(2-7-13)22-20-24(11-3-4-11)19(27)17(32-20)16-14-9-12(25(28)29)5-8-15(14)23-18(16)26/h1-2,5-9,11H,3-4H2,(H,23,26)(H2,21,30,31)/b17-16-,22-20-. The predicted octanol–water partition coefficient (Wildman–Crippen LogP) is 2.33. The third kappa shape index (κ3) is 3.79. The number of fused-ring (bicyclic) bond motifs is 1. The molecule has 1 saturated carbocycles. The molecular formula is C20H15N5O6S2. The number of nitro groups is 1. The van der Waals surface area contributed by atoms with Crippen molar-refractivity contribution in [2.45, 2.75) is 23.8 Å². The molecule has 3 N–H and O–H groups in total. The number of hydrogen-bond donors (Lipinski definition) is 2. The highest BCUT2D eigenvalue weighted by atomic mass is 32.2. The molecule has 2 amide bonds. The highest BCUT2D eigenvalue weighted by molar-refractivity contribution is 8.18. The van der Waals surface area contributed by atoms with E-state index in [-0.39, 0.29) is 27.1 Å². The summed E-state index contributed by atoms with van der Waals surface area (Å²) in [5, 5.41) is 19.3. The lowest BCUT2D eigenvalue weighted by Gasteiger charge is -2.14. The van der Waals surface area contributed by atoms with Gasteiger partial charge in [-0.1, -0.05) is 0 Å². The van der Waals surface area contributed by atoms with Crippen LogP contribution in [0.2, 0.25) is 0 Å². The number of amides is 2. The number of carbonyl (C=O) groups is 2. The molecule has 11 nitrogen and oxygen atoms in total. The molecule has 1 saturated heterocycles. The molecule has 168 valence electrons. The molecule has 33 heavy (non-hydrogen) atoms. The Morgan fingerprint density at radius 2 is 1.85 bits per heavy atom. The maximum Gasteiger partial charge on any atom is 0.270 e. The lowest BCUT2D eigenvalue weighted by atomic mass is 10.1. The Morgan fingerprint density at radius 3 is 2.45 bits per heavy atom. The summed E-state index contributed by atoms with van der Waals surface area (Å²) < 4.78 is 22.9. The molecule has 1 aliphatic carbocycles. The Kier molecular flexibility index (Phi) is 4.84. The summed E-state index contributed by atoms with van der Waals surface area (Å²) in [6.07, 6.45) is 1.57. The Morgan fingerprint density at radius 1 is 1.15 bits per heavy atom. The van der Waals surface area contributed by atoms with Crippen LogP contribution in [0, 0.1) is 10.1 Å². The normalized spacial score (nSPS) is 21.5. The van der Waals surface area contributed by atoms with Crippen molar-refractivity contribution in [3.63, 3.8) is 0 Å². The molecule has 0 atom stereocenters. The molecule has 0 radical (unpaired) electrons. The number of amidine groups is 1. The minimum absolute atomic E-state index is 0.0559. The van der Waals surface area contributed by atoms with Crippen LogP contribution in [0.25, 0.3) is 5.57 Å². The number of primary sulfonamides is 1. The van der Waals surface area contributed by atoms with Crippen LogP contribution in [0.4, 0.5) is 17.1 Å². The van der Waals surface area contributed by atoms with Crippen molar-refractivity contribution in [1.29, 1.82) is 0 Å². The molecule has 2 aromatic rings. The molecule has 0 bridgehead atoms. The zero-order valence-corrected chi connectivity index (χ0v) is 18.4. The van der Waals surface area contributed by atoms with E-state index in [4.69, 9.17) is 5.14 Å². The van der Waals surface area contributed by atoms with E-state index in [2.05, 4.69) is 10.3 Å². The first-order chi connectivity index (χ1) is 15.6.